The number of amides is 1. The molecule has 1 fully saturated rings. The van der Waals surface area contributed by atoms with Crippen LogP contribution >= 0.6 is 35.6 Å². The van der Waals surface area contributed by atoms with E-state index in [0.717, 1.165) is 11.8 Å². The molecule has 6 nitrogen and oxygen atoms in total. The van der Waals surface area contributed by atoms with E-state index in [1.54, 1.807) is 24.3 Å². The van der Waals surface area contributed by atoms with Crippen LogP contribution in [0.1, 0.15) is 5.76 Å². The zero-order valence-electron chi connectivity index (χ0n) is 11.3. The molecule has 0 spiro atoms. The highest BCUT2D eigenvalue weighted by Crippen LogP contribution is 2.37. The second-order valence-electron chi connectivity index (χ2n) is 4.43. The van der Waals surface area contributed by atoms with E-state index in [1.807, 2.05) is 0 Å². The number of carbonyl (C=O) groups excluding carboxylic acids is 1. The average Bonchev–Trinajstić information content (AvgIpc) is 3.05. The van der Waals surface area contributed by atoms with Crippen molar-refractivity contribution in [2.45, 2.75) is 0 Å². The Morgan fingerprint density at radius 3 is 2.78 bits per heavy atom. The Bertz CT molecular complexity index is 862. The summed E-state index contributed by atoms with van der Waals surface area (Å²) in [5, 5.41) is 11.1. The Hall–Kier alpha value is -2.16. The van der Waals surface area contributed by atoms with E-state index >= 15 is 0 Å². The van der Waals surface area contributed by atoms with Crippen molar-refractivity contribution in [3.05, 3.63) is 62.2 Å². The molecular weight excluding hydrogens is 360 g/mol. The number of furan rings is 1. The van der Waals surface area contributed by atoms with E-state index in [2.05, 4.69) is 0 Å². The zero-order valence-corrected chi connectivity index (χ0v) is 13.7. The monoisotopic (exact) mass is 366 g/mol. The molecule has 2 aromatic rings. The summed E-state index contributed by atoms with van der Waals surface area (Å²) in [5.41, 5.74) is 0.564. The van der Waals surface area contributed by atoms with Crippen molar-refractivity contribution >= 4 is 63.5 Å². The van der Waals surface area contributed by atoms with Gasteiger partial charge >= 0.3 is 5.88 Å². The van der Waals surface area contributed by atoms with Crippen LogP contribution in [0.2, 0.25) is 5.02 Å². The molecule has 1 aliphatic heterocycles. The van der Waals surface area contributed by atoms with Gasteiger partial charge in [-0.25, -0.2) is 0 Å². The predicted molar refractivity (Wildman–Crippen MR) is 92.5 cm³/mol. The van der Waals surface area contributed by atoms with Gasteiger partial charge in [-0.1, -0.05) is 41.6 Å². The van der Waals surface area contributed by atoms with E-state index in [9.17, 15) is 14.9 Å². The number of benzene rings is 1. The first kappa shape index (κ1) is 15.7. The minimum absolute atomic E-state index is 0.211. The minimum Gasteiger partial charge on any atom is -0.401 e. The molecule has 0 radical (unpaired) electrons. The Balaban J connectivity index is 1.91. The largest absolute Gasteiger partial charge is 0.433 e. The number of carbonyl (C=O) groups is 1. The molecule has 9 heteroatoms. The summed E-state index contributed by atoms with van der Waals surface area (Å²) in [7, 11) is 0. The van der Waals surface area contributed by atoms with Gasteiger partial charge in [0.25, 0.3) is 5.91 Å². The number of nitrogens with zero attached hydrogens (tertiary/aromatic N) is 2. The maximum atomic E-state index is 12.5. The molecule has 0 bridgehead atoms. The van der Waals surface area contributed by atoms with Crippen LogP contribution in [0.15, 0.2) is 45.7 Å². The fourth-order valence-electron chi connectivity index (χ4n) is 1.95. The summed E-state index contributed by atoms with van der Waals surface area (Å²) < 4.78 is 5.38. The third-order valence-corrected chi connectivity index (χ3v) is 4.46. The highest BCUT2D eigenvalue weighted by atomic mass is 35.5. The van der Waals surface area contributed by atoms with Gasteiger partial charge in [0.1, 0.15) is 10.7 Å². The third kappa shape index (κ3) is 3.14. The molecule has 1 aromatic heterocycles. The van der Waals surface area contributed by atoms with Gasteiger partial charge in [0, 0.05) is 11.1 Å². The number of thioether (sulfide) groups is 1. The zero-order chi connectivity index (χ0) is 16.6. The summed E-state index contributed by atoms with van der Waals surface area (Å²) >= 11 is 12.3. The van der Waals surface area contributed by atoms with E-state index in [1.165, 1.54) is 23.1 Å². The van der Waals surface area contributed by atoms with Crippen LogP contribution in [0.25, 0.3) is 6.08 Å². The fourth-order valence-corrected chi connectivity index (χ4v) is 3.42. The van der Waals surface area contributed by atoms with Crippen LogP contribution in [0.3, 0.4) is 0 Å². The quantitative estimate of drug-likeness (QED) is 0.350. The van der Waals surface area contributed by atoms with Crippen molar-refractivity contribution in [3.63, 3.8) is 0 Å². The topological polar surface area (TPSA) is 76.6 Å². The summed E-state index contributed by atoms with van der Waals surface area (Å²) in [6.07, 6.45) is 1.43. The van der Waals surface area contributed by atoms with Crippen LogP contribution in [-0.4, -0.2) is 15.2 Å². The molecule has 1 saturated heterocycles. The molecule has 0 unspecified atom stereocenters. The molecule has 0 aliphatic carbocycles. The Morgan fingerprint density at radius 1 is 1.35 bits per heavy atom. The van der Waals surface area contributed by atoms with Crippen LogP contribution in [0.4, 0.5) is 11.6 Å². The molecule has 1 aromatic carbocycles. The highest BCUT2D eigenvalue weighted by molar-refractivity contribution is 8.27. The molecule has 0 atom stereocenters. The maximum Gasteiger partial charge on any atom is 0.433 e. The molecule has 116 valence electrons. The van der Waals surface area contributed by atoms with Crippen molar-refractivity contribution in [1.29, 1.82) is 0 Å². The van der Waals surface area contributed by atoms with Crippen LogP contribution < -0.4 is 4.90 Å². The number of anilines is 1. The molecule has 3 rings (SSSR count). The van der Waals surface area contributed by atoms with Gasteiger partial charge in [-0.2, -0.15) is 0 Å². The van der Waals surface area contributed by atoms with Crippen molar-refractivity contribution in [2.75, 3.05) is 4.90 Å². The Kier molecular flexibility index (Phi) is 4.20. The van der Waals surface area contributed by atoms with Crippen LogP contribution in [0, 0.1) is 10.1 Å². The number of nitro groups is 1. The van der Waals surface area contributed by atoms with Gasteiger partial charge in [0.2, 0.25) is 0 Å². The lowest BCUT2D eigenvalue weighted by Gasteiger charge is -2.14. The number of hydrogen-bond acceptors (Lipinski definition) is 6. The summed E-state index contributed by atoms with van der Waals surface area (Å²) in [6, 6.07) is 9.41. The molecule has 1 aliphatic rings. The Morgan fingerprint density at radius 2 is 2.13 bits per heavy atom. The van der Waals surface area contributed by atoms with Gasteiger partial charge in [0.15, 0.2) is 4.32 Å². The van der Waals surface area contributed by atoms with E-state index in [4.69, 9.17) is 28.2 Å². The second kappa shape index (κ2) is 6.15. The van der Waals surface area contributed by atoms with Crippen LogP contribution in [-0.2, 0) is 4.79 Å². The van der Waals surface area contributed by atoms with Gasteiger partial charge in [-0.05, 0) is 24.3 Å². The molecule has 23 heavy (non-hydrogen) atoms. The SMILES string of the molecule is O=C1C(=Cc2ccc([N+](=O)[O-])o2)SC(=S)N1c1cccc(Cl)c1. The molecule has 1 amide bonds. The molecule has 2 heterocycles. The summed E-state index contributed by atoms with van der Waals surface area (Å²) in [4.78, 5) is 24.1. The van der Waals surface area contributed by atoms with E-state index in [0.29, 0.717) is 19.9 Å². The van der Waals surface area contributed by atoms with E-state index < -0.39 is 4.92 Å². The second-order valence-corrected chi connectivity index (χ2v) is 6.54. The first-order valence-electron chi connectivity index (χ1n) is 6.23. The molecular formula is C14H7ClN2O4S2. The normalized spacial score (nSPS) is 16.4. The van der Waals surface area contributed by atoms with Crippen LogP contribution in [0.5, 0.6) is 0 Å². The van der Waals surface area contributed by atoms with Gasteiger partial charge in [-0.3, -0.25) is 19.8 Å². The summed E-state index contributed by atoms with van der Waals surface area (Å²) in [6.45, 7) is 0. The first-order chi connectivity index (χ1) is 11.0. The Labute approximate surface area is 144 Å². The lowest BCUT2D eigenvalue weighted by atomic mass is 10.3. The average molecular weight is 367 g/mol. The van der Waals surface area contributed by atoms with Gasteiger partial charge < -0.3 is 4.42 Å². The standard InChI is InChI=1S/C14H7ClN2O4S2/c15-8-2-1-3-9(6-8)16-13(18)11(23-14(16)22)7-10-4-5-12(21-10)17(19)20/h1-7H. The molecule has 0 N–H and O–H groups in total. The number of hydrogen-bond donors (Lipinski definition) is 0. The molecule has 0 saturated carbocycles. The smallest absolute Gasteiger partial charge is 0.401 e. The summed E-state index contributed by atoms with van der Waals surface area (Å²) in [5.74, 6) is -0.508. The highest BCUT2D eigenvalue weighted by Gasteiger charge is 2.33. The van der Waals surface area contributed by atoms with Crippen molar-refractivity contribution < 1.29 is 14.1 Å². The lowest BCUT2D eigenvalue weighted by Crippen LogP contribution is -2.27. The number of halogens is 1. The van der Waals surface area contributed by atoms with Crippen molar-refractivity contribution in [2.24, 2.45) is 0 Å². The van der Waals surface area contributed by atoms with Crippen molar-refractivity contribution in [1.82, 2.24) is 0 Å². The van der Waals surface area contributed by atoms with Gasteiger partial charge in [-0.15, -0.1) is 0 Å². The van der Waals surface area contributed by atoms with Gasteiger partial charge in [0.05, 0.1) is 16.7 Å². The first-order valence-corrected chi connectivity index (χ1v) is 7.84. The predicted octanol–water partition coefficient (Wildman–Crippen LogP) is 4.25. The third-order valence-electron chi connectivity index (χ3n) is 2.93. The number of thiocarbonyl (C=S) groups is 1. The maximum absolute atomic E-state index is 12.5. The van der Waals surface area contributed by atoms with Crippen molar-refractivity contribution in [3.8, 4) is 0 Å². The number of rotatable bonds is 3. The lowest BCUT2D eigenvalue weighted by molar-refractivity contribution is -0.402. The van der Waals surface area contributed by atoms with E-state index in [-0.39, 0.29) is 17.6 Å². The fraction of sp³-hybridized carbons (Fsp3) is 0. The minimum atomic E-state index is -0.644.